The first-order valence-electron chi connectivity index (χ1n) is 5.07. The van der Waals surface area contributed by atoms with Crippen LogP contribution in [0.4, 0.5) is 0 Å². The minimum Gasteiger partial charge on any atom is -0.491 e. The molecule has 0 aromatic heterocycles. The topological polar surface area (TPSA) is 35.2 Å². The van der Waals surface area contributed by atoms with Gasteiger partial charge in [0.05, 0.1) is 6.10 Å². The molecule has 2 N–H and O–H groups in total. The molecule has 0 aliphatic carbocycles. The molecular weight excluding hydrogens is 174 g/mol. The summed E-state index contributed by atoms with van der Waals surface area (Å²) >= 11 is 0. The van der Waals surface area contributed by atoms with Gasteiger partial charge in [-0.3, -0.25) is 0 Å². The lowest BCUT2D eigenvalue weighted by Crippen LogP contribution is -2.16. The average molecular weight is 193 g/mol. The van der Waals surface area contributed by atoms with Gasteiger partial charge < -0.3 is 10.5 Å². The molecule has 1 atom stereocenters. The lowest BCUT2D eigenvalue weighted by Gasteiger charge is -2.14. The van der Waals surface area contributed by atoms with Gasteiger partial charge in [-0.2, -0.15) is 0 Å². The van der Waals surface area contributed by atoms with Gasteiger partial charge in [-0.15, -0.1) is 0 Å². The summed E-state index contributed by atoms with van der Waals surface area (Å²) in [6.45, 7) is 6.91. The van der Waals surface area contributed by atoms with Crippen LogP contribution in [0.5, 0.6) is 5.75 Å². The minimum atomic E-state index is 0.196. The van der Waals surface area contributed by atoms with Crippen LogP contribution >= 0.6 is 0 Å². The largest absolute Gasteiger partial charge is 0.491 e. The molecule has 0 bridgehead atoms. The molecule has 1 aromatic rings. The molecule has 0 aliphatic rings. The second kappa shape index (κ2) is 5.01. The number of aryl methyl sites for hydroxylation is 2. The number of hydrogen-bond acceptors (Lipinski definition) is 2. The van der Waals surface area contributed by atoms with Crippen LogP contribution in [0, 0.1) is 13.8 Å². The molecule has 0 amide bonds. The highest BCUT2D eigenvalue weighted by Crippen LogP contribution is 2.18. The van der Waals surface area contributed by atoms with Crippen LogP contribution < -0.4 is 10.5 Å². The van der Waals surface area contributed by atoms with Crippen molar-refractivity contribution in [1.82, 2.24) is 0 Å². The van der Waals surface area contributed by atoms with E-state index in [1.807, 2.05) is 13.0 Å². The van der Waals surface area contributed by atoms with Gasteiger partial charge in [0.1, 0.15) is 5.75 Å². The lowest BCUT2D eigenvalue weighted by molar-refractivity contribution is 0.213. The maximum Gasteiger partial charge on any atom is 0.119 e. The Morgan fingerprint density at radius 3 is 2.57 bits per heavy atom. The molecule has 0 saturated heterocycles. The maximum absolute atomic E-state index is 5.71. The van der Waals surface area contributed by atoms with E-state index in [0.29, 0.717) is 6.54 Å². The van der Waals surface area contributed by atoms with Crippen LogP contribution in [0.3, 0.4) is 0 Å². The Bertz CT molecular complexity index is 296. The molecular formula is C12H19NO. The van der Waals surface area contributed by atoms with Gasteiger partial charge in [0.15, 0.2) is 0 Å². The van der Waals surface area contributed by atoms with Gasteiger partial charge in [0.2, 0.25) is 0 Å². The van der Waals surface area contributed by atoms with E-state index >= 15 is 0 Å². The minimum absolute atomic E-state index is 0.196. The van der Waals surface area contributed by atoms with Crippen molar-refractivity contribution < 1.29 is 4.74 Å². The van der Waals surface area contributed by atoms with Crippen molar-refractivity contribution in [2.45, 2.75) is 33.3 Å². The van der Waals surface area contributed by atoms with Gasteiger partial charge >= 0.3 is 0 Å². The van der Waals surface area contributed by atoms with Crippen LogP contribution in [0.25, 0.3) is 0 Å². The maximum atomic E-state index is 5.71. The van der Waals surface area contributed by atoms with Crippen molar-refractivity contribution in [3.63, 3.8) is 0 Å². The molecule has 0 aliphatic heterocycles. The van der Waals surface area contributed by atoms with Gasteiger partial charge in [0, 0.05) is 0 Å². The van der Waals surface area contributed by atoms with Crippen molar-refractivity contribution in [3.8, 4) is 5.75 Å². The van der Waals surface area contributed by atoms with Crippen LogP contribution in [0.2, 0.25) is 0 Å². The number of hydrogen-bond donors (Lipinski definition) is 1. The van der Waals surface area contributed by atoms with E-state index in [-0.39, 0.29) is 6.10 Å². The molecule has 2 nitrogen and oxygen atoms in total. The summed E-state index contributed by atoms with van der Waals surface area (Å²) in [4.78, 5) is 0. The smallest absolute Gasteiger partial charge is 0.119 e. The van der Waals surface area contributed by atoms with Crippen molar-refractivity contribution in [2.75, 3.05) is 6.54 Å². The molecule has 1 aromatic carbocycles. The lowest BCUT2D eigenvalue weighted by atomic mass is 10.1. The third kappa shape index (κ3) is 3.04. The molecule has 0 heterocycles. The average Bonchev–Trinajstić information content (AvgIpc) is 2.12. The van der Waals surface area contributed by atoms with Crippen molar-refractivity contribution >= 4 is 0 Å². The Balaban J connectivity index is 2.63. The number of nitrogens with two attached hydrogens (primary N) is 1. The Labute approximate surface area is 86.1 Å². The summed E-state index contributed by atoms with van der Waals surface area (Å²) in [6.07, 6.45) is 1.09. The van der Waals surface area contributed by atoms with Crippen molar-refractivity contribution in [2.24, 2.45) is 5.73 Å². The molecule has 1 unspecified atom stereocenters. The fraction of sp³-hybridized carbons (Fsp3) is 0.500. The molecule has 1 rings (SSSR count). The van der Waals surface area contributed by atoms with Crippen molar-refractivity contribution in [3.05, 3.63) is 29.3 Å². The molecule has 0 fully saturated rings. The third-order valence-electron chi connectivity index (χ3n) is 2.39. The fourth-order valence-electron chi connectivity index (χ4n) is 1.31. The van der Waals surface area contributed by atoms with E-state index < -0.39 is 0 Å². The predicted molar refractivity (Wildman–Crippen MR) is 59.7 cm³/mol. The van der Waals surface area contributed by atoms with Gasteiger partial charge in [0.25, 0.3) is 0 Å². The summed E-state index contributed by atoms with van der Waals surface area (Å²) in [6, 6.07) is 6.16. The highest BCUT2D eigenvalue weighted by atomic mass is 16.5. The Hall–Kier alpha value is -1.02. The second-order valence-electron chi connectivity index (χ2n) is 3.75. The summed E-state index contributed by atoms with van der Waals surface area (Å²) in [5.74, 6) is 0.939. The first-order valence-corrected chi connectivity index (χ1v) is 5.07. The summed E-state index contributed by atoms with van der Waals surface area (Å²) in [7, 11) is 0. The first-order chi connectivity index (χ1) is 6.63. The Morgan fingerprint density at radius 1 is 1.29 bits per heavy atom. The van der Waals surface area contributed by atoms with E-state index in [1.165, 1.54) is 11.1 Å². The summed E-state index contributed by atoms with van der Waals surface area (Å²) < 4.78 is 5.71. The Kier molecular flexibility index (Phi) is 3.96. The first kappa shape index (κ1) is 11.1. The zero-order valence-corrected chi connectivity index (χ0v) is 9.21. The second-order valence-corrected chi connectivity index (χ2v) is 3.75. The highest BCUT2D eigenvalue weighted by Gasteiger charge is 2.03. The summed E-state index contributed by atoms with van der Waals surface area (Å²) in [5.41, 5.74) is 8.02. The number of ether oxygens (including phenoxy) is 1. The molecule has 0 spiro atoms. The highest BCUT2D eigenvalue weighted by molar-refractivity contribution is 5.33. The Morgan fingerprint density at radius 2 is 2.00 bits per heavy atom. The predicted octanol–water partition coefficient (Wildman–Crippen LogP) is 2.42. The van der Waals surface area contributed by atoms with E-state index in [2.05, 4.69) is 26.0 Å². The zero-order chi connectivity index (χ0) is 10.6. The van der Waals surface area contributed by atoms with Crippen LogP contribution in [-0.4, -0.2) is 12.6 Å². The monoisotopic (exact) mass is 193 g/mol. The standard InChI is InChI=1S/C12H19NO/c1-9-4-5-12(8-10(9)2)14-11(3)6-7-13/h4-5,8,11H,6-7,13H2,1-3H3. The zero-order valence-electron chi connectivity index (χ0n) is 9.21. The van der Waals surface area contributed by atoms with Gasteiger partial charge in [-0.1, -0.05) is 6.07 Å². The van der Waals surface area contributed by atoms with Crippen LogP contribution in [0.15, 0.2) is 18.2 Å². The van der Waals surface area contributed by atoms with Gasteiger partial charge in [-0.25, -0.2) is 0 Å². The van der Waals surface area contributed by atoms with E-state index in [9.17, 15) is 0 Å². The molecule has 78 valence electrons. The van der Waals surface area contributed by atoms with E-state index in [1.54, 1.807) is 0 Å². The molecule has 14 heavy (non-hydrogen) atoms. The quantitative estimate of drug-likeness (QED) is 0.797. The van der Waals surface area contributed by atoms with Gasteiger partial charge in [-0.05, 0) is 57.0 Å². The molecule has 2 heteroatoms. The van der Waals surface area contributed by atoms with Crippen LogP contribution in [-0.2, 0) is 0 Å². The summed E-state index contributed by atoms with van der Waals surface area (Å²) in [5, 5.41) is 0. The molecule has 0 radical (unpaired) electrons. The van der Waals surface area contributed by atoms with Crippen molar-refractivity contribution in [1.29, 1.82) is 0 Å². The van der Waals surface area contributed by atoms with E-state index in [0.717, 1.165) is 12.2 Å². The van der Waals surface area contributed by atoms with Crippen LogP contribution in [0.1, 0.15) is 24.5 Å². The number of rotatable bonds is 4. The SMILES string of the molecule is Cc1ccc(OC(C)CCN)cc1C. The molecule has 0 saturated carbocycles. The third-order valence-corrected chi connectivity index (χ3v) is 2.39. The number of benzene rings is 1. The van der Waals surface area contributed by atoms with E-state index in [4.69, 9.17) is 10.5 Å². The fourth-order valence-corrected chi connectivity index (χ4v) is 1.31. The normalized spacial score (nSPS) is 12.6.